The molecule has 0 bridgehead atoms. The van der Waals surface area contributed by atoms with E-state index in [1.54, 1.807) is 0 Å². The number of fused-ring (bicyclic) bond motifs is 9. The Bertz CT molecular complexity index is 2900. The first-order valence-corrected chi connectivity index (χ1v) is 19.4. The number of nitrogens with zero attached hydrogens (tertiary/aromatic N) is 2. The molecule has 262 valence electrons. The van der Waals surface area contributed by atoms with Gasteiger partial charge in [-0.05, 0) is 162 Å². The number of aromatic nitrogens is 2. The second-order valence-electron chi connectivity index (χ2n) is 15.6. The van der Waals surface area contributed by atoms with Gasteiger partial charge in [-0.3, -0.25) is 0 Å². The van der Waals surface area contributed by atoms with Gasteiger partial charge in [-0.15, -0.1) is 0 Å². The second kappa shape index (κ2) is 11.9. The van der Waals surface area contributed by atoms with Crippen molar-refractivity contribution in [1.29, 1.82) is 0 Å². The van der Waals surface area contributed by atoms with E-state index in [-0.39, 0.29) is 0 Å². The number of rotatable bonds is 4. The largest absolute Gasteiger partial charge is 0.309 e. The molecule has 0 N–H and O–H groups in total. The highest BCUT2D eigenvalue weighted by atomic mass is 15.0. The Morgan fingerprint density at radius 3 is 1.04 bits per heavy atom. The molecule has 0 unspecified atom stereocenters. The Balaban J connectivity index is 0.984. The summed E-state index contributed by atoms with van der Waals surface area (Å²) in [5.74, 6) is 0. The third kappa shape index (κ3) is 4.74. The predicted molar refractivity (Wildman–Crippen MR) is 233 cm³/mol. The quantitative estimate of drug-likeness (QED) is 0.173. The molecule has 55 heavy (non-hydrogen) atoms. The Morgan fingerprint density at radius 2 is 0.673 bits per heavy atom. The molecule has 0 radical (unpaired) electrons. The molecule has 0 atom stereocenters. The second-order valence-corrected chi connectivity index (χ2v) is 15.6. The number of aryl methyl sites for hydroxylation is 4. The summed E-state index contributed by atoms with van der Waals surface area (Å²) >= 11 is 0. The summed E-state index contributed by atoms with van der Waals surface area (Å²) in [7, 11) is 0. The van der Waals surface area contributed by atoms with Gasteiger partial charge in [0.25, 0.3) is 0 Å². The lowest BCUT2D eigenvalue weighted by Gasteiger charge is -2.17. The number of hydrogen-bond donors (Lipinski definition) is 0. The molecule has 10 aromatic rings. The fourth-order valence-corrected chi connectivity index (χ4v) is 9.57. The fraction of sp³-hybridized carbons (Fsp3) is 0.0943. The van der Waals surface area contributed by atoms with Crippen molar-refractivity contribution in [3.63, 3.8) is 0 Å². The molecule has 0 saturated heterocycles. The molecule has 0 spiro atoms. The lowest BCUT2D eigenvalue weighted by atomic mass is 9.92. The molecular weight excluding hydrogens is 665 g/mol. The topological polar surface area (TPSA) is 9.86 Å². The first kappa shape index (κ1) is 31.8. The van der Waals surface area contributed by atoms with E-state index in [0.717, 1.165) is 6.42 Å². The zero-order valence-electron chi connectivity index (χ0n) is 31.6. The third-order valence-electron chi connectivity index (χ3n) is 12.2. The highest BCUT2D eigenvalue weighted by Crippen LogP contribution is 2.43. The van der Waals surface area contributed by atoms with Crippen LogP contribution in [0.1, 0.15) is 33.4 Å². The molecular formula is C53H40N2. The molecule has 1 aliphatic rings. The molecule has 0 amide bonds. The maximum Gasteiger partial charge on any atom is 0.0541 e. The van der Waals surface area contributed by atoms with Gasteiger partial charge >= 0.3 is 0 Å². The van der Waals surface area contributed by atoms with Gasteiger partial charge in [-0.1, -0.05) is 97.1 Å². The van der Waals surface area contributed by atoms with Crippen molar-refractivity contribution < 1.29 is 0 Å². The molecule has 2 nitrogen and oxygen atoms in total. The Kier molecular flexibility index (Phi) is 6.91. The van der Waals surface area contributed by atoms with Crippen molar-refractivity contribution in [3.8, 4) is 44.8 Å². The summed E-state index contributed by atoms with van der Waals surface area (Å²) in [5, 5.41) is 5.17. The van der Waals surface area contributed by atoms with Crippen LogP contribution in [0.4, 0.5) is 0 Å². The molecule has 0 aliphatic heterocycles. The molecule has 11 rings (SSSR count). The van der Waals surface area contributed by atoms with Crippen LogP contribution < -0.4 is 0 Å². The molecule has 2 heteroatoms. The van der Waals surface area contributed by atoms with Crippen LogP contribution in [-0.4, -0.2) is 9.13 Å². The lowest BCUT2D eigenvalue weighted by Crippen LogP contribution is -1.99. The lowest BCUT2D eigenvalue weighted by molar-refractivity contribution is 1.14. The summed E-state index contributed by atoms with van der Waals surface area (Å²) in [6.45, 7) is 9.04. The van der Waals surface area contributed by atoms with E-state index in [0.29, 0.717) is 0 Å². The van der Waals surface area contributed by atoms with Crippen LogP contribution in [0.2, 0.25) is 0 Å². The summed E-state index contributed by atoms with van der Waals surface area (Å²) in [6, 6.07) is 58.9. The van der Waals surface area contributed by atoms with Gasteiger partial charge in [0.1, 0.15) is 0 Å². The summed E-state index contributed by atoms with van der Waals surface area (Å²) in [6.07, 6.45) is 0.973. The van der Waals surface area contributed by atoms with Gasteiger partial charge in [-0.25, -0.2) is 0 Å². The Hall–Kier alpha value is -6.64. The van der Waals surface area contributed by atoms with Gasteiger partial charge in [0, 0.05) is 32.9 Å². The Labute approximate surface area is 321 Å². The van der Waals surface area contributed by atoms with E-state index in [1.807, 2.05) is 0 Å². The van der Waals surface area contributed by atoms with E-state index in [9.17, 15) is 0 Å². The fourth-order valence-electron chi connectivity index (χ4n) is 9.57. The average molecular weight is 705 g/mol. The van der Waals surface area contributed by atoms with Crippen LogP contribution in [0.25, 0.3) is 88.4 Å². The van der Waals surface area contributed by atoms with E-state index in [4.69, 9.17) is 0 Å². The summed E-state index contributed by atoms with van der Waals surface area (Å²) in [4.78, 5) is 0. The van der Waals surface area contributed by atoms with Crippen LogP contribution in [0.5, 0.6) is 0 Å². The SMILES string of the molecule is Cc1cc(-n2c3ccccc3c3ccccc32)c(C)cc1-c1ccc2c(c1)-c1cc(-c3cc(C)c(-n4c5ccccc5c5ccccc54)cc3C)ccc1C2. The van der Waals surface area contributed by atoms with E-state index in [1.165, 1.54) is 122 Å². The molecule has 0 fully saturated rings. The summed E-state index contributed by atoms with van der Waals surface area (Å²) in [5.41, 5.74) is 23.2. The van der Waals surface area contributed by atoms with E-state index < -0.39 is 0 Å². The minimum Gasteiger partial charge on any atom is -0.309 e. The van der Waals surface area contributed by atoms with Crippen molar-refractivity contribution in [2.75, 3.05) is 0 Å². The molecule has 8 aromatic carbocycles. The summed E-state index contributed by atoms with van der Waals surface area (Å²) < 4.78 is 4.88. The number of hydrogen-bond acceptors (Lipinski definition) is 0. The monoisotopic (exact) mass is 704 g/mol. The predicted octanol–water partition coefficient (Wildman–Crippen LogP) is 14.0. The maximum atomic E-state index is 2.44. The first-order valence-electron chi connectivity index (χ1n) is 19.4. The molecule has 2 aromatic heterocycles. The van der Waals surface area contributed by atoms with Gasteiger partial charge in [0.15, 0.2) is 0 Å². The normalized spacial score (nSPS) is 12.3. The van der Waals surface area contributed by atoms with Crippen LogP contribution >= 0.6 is 0 Å². The Morgan fingerprint density at radius 1 is 0.327 bits per heavy atom. The number of benzene rings is 8. The molecule has 1 aliphatic carbocycles. The number of para-hydroxylation sites is 4. The van der Waals surface area contributed by atoms with Crippen LogP contribution in [0, 0.1) is 27.7 Å². The minimum atomic E-state index is 0.973. The first-order chi connectivity index (χ1) is 26.9. The van der Waals surface area contributed by atoms with E-state index >= 15 is 0 Å². The smallest absolute Gasteiger partial charge is 0.0541 e. The van der Waals surface area contributed by atoms with Crippen LogP contribution in [0.15, 0.2) is 158 Å². The average Bonchev–Trinajstić information content (AvgIpc) is 3.86. The van der Waals surface area contributed by atoms with Crippen molar-refractivity contribution in [1.82, 2.24) is 9.13 Å². The zero-order valence-corrected chi connectivity index (χ0v) is 31.6. The van der Waals surface area contributed by atoms with Gasteiger partial charge < -0.3 is 9.13 Å². The molecule has 0 saturated carbocycles. The van der Waals surface area contributed by atoms with Crippen LogP contribution in [-0.2, 0) is 6.42 Å². The minimum absolute atomic E-state index is 0.973. The van der Waals surface area contributed by atoms with Crippen molar-refractivity contribution >= 4 is 43.6 Å². The van der Waals surface area contributed by atoms with Crippen molar-refractivity contribution in [2.45, 2.75) is 34.1 Å². The highest BCUT2D eigenvalue weighted by Gasteiger charge is 2.22. The molecule has 2 heterocycles. The van der Waals surface area contributed by atoms with Crippen molar-refractivity contribution in [3.05, 3.63) is 191 Å². The van der Waals surface area contributed by atoms with Crippen LogP contribution in [0.3, 0.4) is 0 Å². The van der Waals surface area contributed by atoms with Gasteiger partial charge in [0.2, 0.25) is 0 Å². The highest BCUT2D eigenvalue weighted by molar-refractivity contribution is 6.10. The maximum absolute atomic E-state index is 2.44. The van der Waals surface area contributed by atoms with E-state index in [2.05, 4.69) is 195 Å². The van der Waals surface area contributed by atoms with Gasteiger partial charge in [0.05, 0.1) is 22.1 Å². The van der Waals surface area contributed by atoms with Gasteiger partial charge in [-0.2, -0.15) is 0 Å². The standard InChI is InChI=1S/C53H40N2/c1-32-27-52(54-48-17-9-5-13-40(48)41-14-6-10-18-49(41)54)34(3)25-44(32)38-23-21-36-29-37-22-24-39(31-47(37)46(36)30-38)45-26-35(4)53(28-33(45)2)55-50-19-11-7-15-42(50)43-16-8-12-20-51(43)55/h5-28,30-31H,29H2,1-4H3. The zero-order chi connectivity index (χ0) is 36.9. The third-order valence-corrected chi connectivity index (χ3v) is 12.2. The van der Waals surface area contributed by atoms with Crippen molar-refractivity contribution in [2.24, 2.45) is 0 Å².